The summed E-state index contributed by atoms with van der Waals surface area (Å²) >= 11 is 0. The molecule has 0 spiro atoms. The van der Waals surface area contributed by atoms with Gasteiger partial charge in [0.05, 0.1) is 14.2 Å². The first-order valence-corrected chi connectivity index (χ1v) is 8.09. The van der Waals surface area contributed by atoms with Crippen LogP contribution >= 0.6 is 0 Å². The number of nitrogens with two attached hydrogens (primary N) is 1. The minimum Gasteiger partial charge on any atom is -0.497 e. The number of methoxy groups -OCH3 is 2. The van der Waals surface area contributed by atoms with Crippen LogP contribution in [0.4, 0.5) is 0 Å². The molecule has 0 aliphatic carbocycles. The molecule has 0 fully saturated rings. The lowest BCUT2D eigenvalue weighted by atomic mass is 9.89. The van der Waals surface area contributed by atoms with E-state index in [2.05, 4.69) is 44.2 Å². The Hall–Kier alpha value is -2.00. The first kappa shape index (κ1) is 17.4. The quantitative estimate of drug-likeness (QED) is 0.836. The van der Waals surface area contributed by atoms with Gasteiger partial charge in [0.15, 0.2) is 0 Å². The van der Waals surface area contributed by atoms with Crippen molar-refractivity contribution in [3.63, 3.8) is 0 Å². The molecule has 23 heavy (non-hydrogen) atoms. The van der Waals surface area contributed by atoms with Crippen LogP contribution in [0.5, 0.6) is 11.5 Å². The fourth-order valence-corrected chi connectivity index (χ4v) is 2.80. The van der Waals surface area contributed by atoms with Crippen molar-refractivity contribution in [1.82, 2.24) is 0 Å². The van der Waals surface area contributed by atoms with Gasteiger partial charge in [-0.2, -0.15) is 0 Å². The highest BCUT2D eigenvalue weighted by molar-refractivity contribution is 5.40. The molecule has 0 radical (unpaired) electrons. The van der Waals surface area contributed by atoms with E-state index < -0.39 is 0 Å². The van der Waals surface area contributed by atoms with Crippen LogP contribution < -0.4 is 15.2 Å². The molecule has 0 amide bonds. The molecular weight excluding hydrogens is 286 g/mol. The monoisotopic (exact) mass is 313 g/mol. The predicted octanol–water partition coefficient (Wildman–Crippen LogP) is 4.11. The number of ether oxygens (including phenoxy) is 2. The summed E-state index contributed by atoms with van der Waals surface area (Å²) in [6.07, 6.45) is 0.868. The topological polar surface area (TPSA) is 44.5 Å². The lowest BCUT2D eigenvalue weighted by molar-refractivity contribution is 0.407. The van der Waals surface area contributed by atoms with Crippen LogP contribution in [-0.2, 0) is 6.42 Å². The van der Waals surface area contributed by atoms with Gasteiger partial charge in [0, 0.05) is 5.92 Å². The third kappa shape index (κ3) is 4.26. The molecule has 2 rings (SSSR count). The molecule has 0 bridgehead atoms. The van der Waals surface area contributed by atoms with Crippen molar-refractivity contribution in [2.24, 2.45) is 5.73 Å². The maximum atomic E-state index is 6.04. The van der Waals surface area contributed by atoms with E-state index in [1.165, 1.54) is 16.7 Å². The number of rotatable bonds is 7. The van der Waals surface area contributed by atoms with Crippen molar-refractivity contribution >= 4 is 0 Å². The van der Waals surface area contributed by atoms with E-state index in [9.17, 15) is 0 Å². The Morgan fingerprint density at radius 3 is 2.09 bits per heavy atom. The summed E-state index contributed by atoms with van der Waals surface area (Å²) in [7, 11) is 3.40. The van der Waals surface area contributed by atoms with Crippen LogP contribution in [-0.4, -0.2) is 20.8 Å². The summed E-state index contributed by atoms with van der Waals surface area (Å²) in [5.41, 5.74) is 9.81. The Bertz CT molecular complexity index is 620. The number of benzene rings is 2. The maximum Gasteiger partial charge on any atom is 0.122 e. The normalized spacial score (nSPS) is 12.3. The molecule has 124 valence electrons. The molecule has 0 saturated heterocycles. The van der Waals surface area contributed by atoms with Gasteiger partial charge in [0.1, 0.15) is 11.5 Å². The second-order valence-corrected chi connectivity index (χ2v) is 6.14. The van der Waals surface area contributed by atoms with Crippen molar-refractivity contribution in [3.05, 3.63) is 59.2 Å². The van der Waals surface area contributed by atoms with E-state index in [0.717, 1.165) is 17.9 Å². The van der Waals surface area contributed by atoms with E-state index in [-0.39, 0.29) is 5.92 Å². The molecule has 0 aliphatic rings. The summed E-state index contributed by atoms with van der Waals surface area (Å²) in [4.78, 5) is 0. The molecular formula is C20H27NO2. The third-order valence-corrected chi connectivity index (χ3v) is 4.31. The lowest BCUT2D eigenvalue weighted by Crippen LogP contribution is -2.15. The van der Waals surface area contributed by atoms with Gasteiger partial charge in [0.2, 0.25) is 0 Å². The number of hydrogen-bond donors (Lipinski definition) is 1. The summed E-state index contributed by atoms with van der Waals surface area (Å²) in [5, 5.41) is 0. The molecule has 0 aromatic heterocycles. The minimum atomic E-state index is 0.261. The molecule has 0 saturated carbocycles. The molecule has 3 heteroatoms. The van der Waals surface area contributed by atoms with Gasteiger partial charge in [0.25, 0.3) is 0 Å². The second-order valence-electron chi connectivity index (χ2n) is 6.14. The minimum absolute atomic E-state index is 0.261. The highest BCUT2D eigenvalue weighted by Crippen LogP contribution is 2.29. The van der Waals surface area contributed by atoms with Crippen LogP contribution in [0.1, 0.15) is 42.4 Å². The van der Waals surface area contributed by atoms with E-state index in [1.807, 2.05) is 12.1 Å². The highest BCUT2D eigenvalue weighted by Gasteiger charge is 2.15. The molecule has 2 aromatic carbocycles. The zero-order valence-electron chi connectivity index (χ0n) is 14.5. The van der Waals surface area contributed by atoms with Crippen LogP contribution in [0.3, 0.4) is 0 Å². The Morgan fingerprint density at radius 2 is 1.57 bits per heavy atom. The molecule has 3 nitrogen and oxygen atoms in total. The lowest BCUT2D eigenvalue weighted by Gasteiger charge is -2.19. The summed E-state index contributed by atoms with van der Waals surface area (Å²) in [6.45, 7) is 5.01. The van der Waals surface area contributed by atoms with E-state index in [1.54, 1.807) is 14.2 Å². The van der Waals surface area contributed by atoms with Gasteiger partial charge in [-0.3, -0.25) is 0 Å². The molecule has 1 atom stereocenters. The summed E-state index contributed by atoms with van der Waals surface area (Å²) in [5.74, 6) is 2.56. The Balaban J connectivity index is 2.28. The van der Waals surface area contributed by atoms with Crippen molar-refractivity contribution in [3.8, 4) is 11.5 Å². The van der Waals surface area contributed by atoms with Gasteiger partial charge in [-0.05, 0) is 53.8 Å². The molecule has 2 N–H and O–H groups in total. The zero-order valence-corrected chi connectivity index (χ0v) is 14.5. The van der Waals surface area contributed by atoms with Crippen molar-refractivity contribution < 1.29 is 9.47 Å². The predicted molar refractivity (Wildman–Crippen MR) is 95.6 cm³/mol. The van der Waals surface area contributed by atoms with E-state index >= 15 is 0 Å². The van der Waals surface area contributed by atoms with Gasteiger partial charge >= 0.3 is 0 Å². The highest BCUT2D eigenvalue weighted by atomic mass is 16.5. The van der Waals surface area contributed by atoms with Gasteiger partial charge < -0.3 is 15.2 Å². The molecule has 0 aliphatic heterocycles. The standard InChI is InChI=1S/C20H27NO2/c1-14(2)16-7-10-20(23-4)17(11-16)12-18(13-21)15-5-8-19(22-3)9-6-15/h5-11,14,18H,12-13,21H2,1-4H3. The van der Waals surface area contributed by atoms with Gasteiger partial charge in [-0.1, -0.05) is 38.1 Å². The van der Waals surface area contributed by atoms with Crippen molar-refractivity contribution in [2.75, 3.05) is 20.8 Å². The average molecular weight is 313 g/mol. The fourth-order valence-electron chi connectivity index (χ4n) is 2.80. The first-order valence-electron chi connectivity index (χ1n) is 8.09. The van der Waals surface area contributed by atoms with Crippen molar-refractivity contribution in [2.45, 2.75) is 32.1 Å². The molecule has 1 unspecified atom stereocenters. The average Bonchev–Trinajstić information content (AvgIpc) is 2.59. The third-order valence-electron chi connectivity index (χ3n) is 4.31. The smallest absolute Gasteiger partial charge is 0.122 e. The van der Waals surface area contributed by atoms with Crippen LogP contribution in [0.15, 0.2) is 42.5 Å². The summed E-state index contributed by atoms with van der Waals surface area (Å²) < 4.78 is 10.8. The molecule has 2 aromatic rings. The zero-order chi connectivity index (χ0) is 16.8. The maximum absolute atomic E-state index is 6.04. The SMILES string of the molecule is COc1ccc(C(CN)Cc2cc(C(C)C)ccc2OC)cc1. The van der Waals surface area contributed by atoms with E-state index in [4.69, 9.17) is 15.2 Å². The first-order chi connectivity index (χ1) is 11.1. The van der Waals surface area contributed by atoms with Crippen LogP contribution in [0, 0.1) is 0 Å². The summed E-state index contributed by atoms with van der Waals surface area (Å²) in [6, 6.07) is 14.6. The van der Waals surface area contributed by atoms with E-state index in [0.29, 0.717) is 12.5 Å². The Labute approximate surface area is 139 Å². The van der Waals surface area contributed by atoms with Gasteiger partial charge in [-0.15, -0.1) is 0 Å². The van der Waals surface area contributed by atoms with Crippen LogP contribution in [0.2, 0.25) is 0 Å². The fraction of sp³-hybridized carbons (Fsp3) is 0.400. The van der Waals surface area contributed by atoms with Crippen molar-refractivity contribution in [1.29, 1.82) is 0 Å². The largest absolute Gasteiger partial charge is 0.497 e. The Kier molecular flexibility index (Phi) is 6.05. The molecule has 0 heterocycles. The number of hydrogen-bond acceptors (Lipinski definition) is 3. The second kappa shape index (κ2) is 8.02. The van der Waals surface area contributed by atoms with Gasteiger partial charge in [-0.25, -0.2) is 0 Å². The Morgan fingerprint density at radius 1 is 0.913 bits per heavy atom. The van der Waals surface area contributed by atoms with Crippen LogP contribution in [0.25, 0.3) is 0 Å².